The second-order valence-corrected chi connectivity index (χ2v) is 2.64. The van der Waals surface area contributed by atoms with E-state index in [1.165, 1.54) is 10.9 Å². The Morgan fingerprint density at radius 1 is 1.83 bits per heavy atom. The summed E-state index contributed by atoms with van der Waals surface area (Å²) in [6, 6.07) is 0.0567. The monoisotopic (exact) mass is 171 g/mol. The Hall–Kier alpha value is -1.10. The fourth-order valence-electron chi connectivity index (χ4n) is 1.21. The summed E-state index contributed by atoms with van der Waals surface area (Å²) >= 11 is 0. The first-order valence-corrected chi connectivity index (χ1v) is 4.02. The molecule has 0 aliphatic rings. The van der Waals surface area contributed by atoms with Crippen LogP contribution in [0, 0.1) is 0 Å². The van der Waals surface area contributed by atoms with E-state index in [0.29, 0.717) is 6.42 Å². The first-order valence-electron chi connectivity index (χ1n) is 4.02. The van der Waals surface area contributed by atoms with Gasteiger partial charge in [-0.15, -0.1) is 0 Å². The zero-order valence-electron chi connectivity index (χ0n) is 7.03. The fourth-order valence-corrected chi connectivity index (χ4v) is 1.21. The lowest BCUT2D eigenvalue weighted by Gasteiger charge is -2.12. The average Bonchev–Trinajstić information content (AvgIpc) is 2.47. The molecule has 0 saturated carbocycles. The summed E-state index contributed by atoms with van der Waals surface area (Å²) in [4.78, 5) is 11.1. The number of aliphatic hydroxyl groups excluding tert-OH is 1. The van der Waals surface area contributed by atoms with Crippen LogP contribution in [0.15, 0.2) is 11.1 Å². The van der Waals surface area contributed by atoms with Gasteiger partial charge in [-0.05, 0) is 12.8 Å². The molecule has 0 amide bonds. The number of hydrogen-bond acceptors (Lipinski definition) is 3. The van der Waals surface area contributed by atoms with Gasteiger partial charge in [0, 0.05) is 12.6 Å². The molecular weight excluding hydrogens is 158 g/mol. The third kappa shape index (κ3) is 1.73. The van der Waals surface area contributed by atoms with Gasteiger partial charge in [-0.3, -0.25) is 4.57 Å². The fraction of sp³-hybridized carbons (Fsp3) is 0.714. The number of aromatic amines is 1. The van der Waals surface area contributed by atoms with Crippen molar-refractivity contribution in [1.29, 1.82) is 0 Å². The SMILES string of the molecule is CCC(CCO)n1cn[nH]c1=O. The third-order valence-electron chi connectivity index (χ3n) is 1.90. The molecule has 2 N–H and O–H groups in total. The summed E-state index contributed by atoms with van der Waals surface area (Å²) in [6.07, 6.45) is 2.88. The number of hydrogen-bond donors (Lipinski definition) is 2. The van der Waals surface area contributed by atoms with E-state index < -0.39 is 0 Å². The zero-order chi connectivity index (χ0) is 8.97. The Morgan fingerprint density at radius 2 is 2.58 bits per heavy atom. The van der Waals surface area contributed by atoms with Crippen molar-refractivity contribution in [2.45, 2.75) is 25.8 Å². The highest BCUT2D eigenvalue weighted by Gasteiger charge is 2.09. The largest absolute Gasteiger partial charge is 0.396 e. The van der Waals surface area contributed by atoms with E-state index in [9.17, 15) is 4.79 Å². The van der Waals surface area contributed by atoms with E-state index in [1.54, 1.807) is 0 Å². The molecule has 0 fully saturated rings. The highest BCUT2D eigenvalue weighted by atomic mass is 16.3. The van der Waals surface area contributed by atoms with Gasteiger partial charge in [0.25, 0.3) is 0 Å². The predicted octanol–water partition coefficient (Wildman–Crippen LogP) is -0.0951. The standard InChI is InChI=1S/C7H13N3O2/c1-2-6(3-4-11)10-5-8-9-7(10)12/h5-6,11H,2-4H2,1H3,(H,9,12). The minimum absolute atomic E-state index is 0.0567. The van der Waals surface area contributed by atoms with Gasteiger partial charge in [0.1, 0.15) is 6.33 Å². The smallest absolute Gasteiger partial charge is 0.343 e. The topological polar surface area (TPSA) is 70.9 Å². The molecule has 1 unspecified atom stereocenters. The number of nitrogens with one attached hydrogen (secondary N) is 1. The van der Waals surface area contributed by atoms with Crippen molar-refractivity contribution in [2.24, 2.45) is 0 Å². The number of aliphatic hydroxyl groups is 1. The summed E-state index contributed by atoms with van der Waals surface area (Å²) in [7, 11) is 0. The molecule has 1 aromatic rings. The summed E-state index contributed by atoms with van der Waals surface area (Å²) in [6.45, 7) is 2.07. The molecule has 1 atom stereocenters. The molecule has 0 saturated heterocycles. The van der Waals surface area contributed by atoms with E-state index >= 15 is 0 Å². The minimum atomic E-state index is -0.213. The van der Waals surface area contributed by atoms with E-state index in [4.69, 9.17) is 5.11 Å². The van der Waals surface area contributed by atoms with Gasteiger partial charge in [-0.2, -0.15) is 5.10 Å². The van der Waals surface area contributed by atoms with E-state index in [2.05, 4.69) is 10.2 Å². The lowest BCUT2D eigenvalue weighted by atomic mass is 10.1. The number of H-pyrrole nitrogens is 1. The van der Waals surface area contributed by atoms with Crippen LogP contribution in [0.5, 0.6) is 0 Å². The molecule has 5 nitrogen and oxygen atoms in total. The maximum Gasteiger partial charge on any atom is 0.343 e. The van der Waals surface area contributed by atoms with Crippen LogP contribution in [0.3, 0.4) is 0 Å². The van der Waals surface area contributed by atoms with Gasteiger partial charge >= 0.3 is 5.69 Å². The summed E-state index contributed by atoms with van der Waals surface area (Å²) in [5, 5.41) is 14.6. The Bertz CT molecular complexity index is 278. The lowest BCUT2D eigenvalue weighted by Crippen LogP contribution is -2.22. The van der Waals surface area contributed by atoms with Gasteiger partial charge in [0.2, 0.25) is 0 Å². The van der Waals surface area contributed by atoms with Gasteiger partial charge in [-0.1, -0.05) is 6.92 Å². The Kier molecular flexibility index (Phi) is 3.04. The Balaban J connectivity index is 2.79. The number of aromatic nitrogens is 3. The van der Waals surface area contributed by atoms with Crippen LogP contribution in [0.25, 0.3) is 0 Å². The highest BCUT2D eigenvalue weighted by Crippen LogP contribution is 2.11. The van der Waals surface area contributed by atoms with Crippen molar-refractivity contribution in [2.75, 3.05) is 6.61 Å². The molecule has 5 heteroatoms. The van der Waals surface area contributed by atoms with Crippen molar-refractivity contribution in [1.82, 2.24) is 14.8 Å². The molecule has 0 bridgehead atoms. The third-order valence-corrected chi connectivity index (χ3v) is 1.90. The summed E-state index contributed by atoms with van der Waals surface area (Å²) in [5.41, 5.74) is -0.213. The second-order valence-electron chi connectivity index (χ2n) is 2.64. The highest BCUT2D eigenvalue weighted by molar-refractivity contribution is 4.72. The van der Waals surface area contributed by atoms with Crippen LogP contribution in [0.1, 0.15) is 25.8 Å². The molecule has 0 radical (unpaired) electrons. The lowest BCUT2D eigenvalue weighted by molar-refractivity contribution is 0.253. The summed E-state index contributed by atoms with van der Waals surface area (Å²) in [5.74, 6) is 0. The van der Waals surface area contributed by atoms with E-state index in [1.807, 2.05) is 6.92 Å². The van der Waals surface area contributed by atoms with Crippen LogP contribution in [-0.2, 0) is 0 Å². The molecule has 1 heterocycles. The minimum Gasteiger partial charge on any atom is -0.396 e. The Labute approximate surface area is 70.0 Å². The van der Waals surface area contributed by atoms with E-state index in [-0.39, 0.29) is 18.3 Å². The second kappa shape index (κ2) is 4.06. The van der Waals surface area contributed by atoms with Gasteiger partial charge in [0.15, 0.2) is 0 Å². The molecule has 12 heavy (non-hydrogen) atoms. The van der Waals surface area contributed by atoms with Crippen LogP contribution < -0.4 is 5.69 Å². The molecule has 68 valence electrons. The maximum atomic E-state index is 11.1. The molecule has 1 rings (SSSR count). The number of nitrogens with zero attached hydrogens (tertiary/aromatic N) is 2. The van der Waals surface area contributed by atoms with Crippen molar-refractivity contribution >= 4 is 0 Å². The van der Waals surface area contributed by atoms with Gasteiger partial charge in [-0.25, -0.2) is 9.89 Å². The van der Waals surface area contributed by atoms with Crippen molar-refractivity contribution in [3.8, 4) is 0 Å². The first-order chi connectivity index (χ1) is 5.79. The Morgan fingerprint density at radius 3 is 3.00 bits per heavy atom. The molecule has 0 spiro atoms. The molecular formula is C7H13N3O2. The van der Waals surface area contributed by atoms with Crippen LogP contribution >= 0.6 is 0 Å². The normalized spacial score (nSPS) is 13.2. The zero-order valence-corrected chi connectivity index (χ0v) is 7.03. The summed E-state index contributed by atoms with van der Waals surface area (Å²) < 4.78 is 1.51. The van der Waals surface area contributed by atoms with Gasteiger partial charge < -0.3 is 5.11 Å². The van der Waals surface area contributed by atoms with Crippen LogP contribution in [-0.4, -0.2) is 26.5 Å². The van der Waals surface area contributed by atoms with Crippen molar-refractivity contribution in [3.63, 3.8) is 0 Å². The molecule has 0 aliphatic carbocycles. The predicted molar refractivity (Wildman–Crippen MR) is 43.9 cm³/mol. The maximum absolute atomic E-state index is 11.1. The molecule has 0 aromatic carbocycles. The van der Waals surface area contributed by atoms with Crippen molar-refractivity contribution in [3.05, 3.63) is 16.8 Å². The van der Waals surface area contributed by atoms with Crippen LogP contribution in [0.4, 0.5) is 0 Å². The van der Waals surface area contributed by atoms with Crippen molar-refractivity contribution < 1.29 is 5.11 Å². The first kappa shape index (κ1) is 8.99. The van der Waals surface area contributed by atoms with E-state index in [0.717, 1.165) is 6.42 Å². The molecule has 0 aliphatic heterocycles. The van der Waals surface area contributed by atoms with Crippen LogP contribution in [0.2, 0.25) is 0 Å². The quantitative estimate of drug-likeness (QED) is 0.664. The number of rotatable bonds is 4. The van der Waals surface area contributed by atoms with Gasteiger partial charge in [0.05, 0.1) is 0 Å². The average molecular weight is 171 g/mol. The molecule has 1 aromatic heterocycles.